The van der Waals surface area contributed by atoms with Gasteiger partial charge in [0.05, 0.1) is 29.6 Å². The third kappa shape index (κ3) is 3.86. The quantitative estimate of drug-likeness (QED) is 0.847. The molecule has 0 atom stereocenters. The monoisotopic (exact) mass is 394 g/mol. The SMILES string of the molecule is O=C(Nc1cccc(Cl)c1N1CCOCC1)c1ccc(Br)cc1. The molecule has 0 spiro atoms. The van der Waals surface area contributed by atoms with Crippen LogP contribution in [0.25, 0.3) is 0 Å². The summed E-state index contributed by atoms with van der Waals surface area (Å²) >= 11 is 9.74. The molecule has 1 N–H and O–H groups in total. The molecule has 6 heteroatoms. The minimum Gasteiger partial charge on any atom is -0.378 e. The average Bonchev–Trinajstić information content (AvgIpc) is 2.56. The molecule has 1 fully saturated rings. The zero-order valence-corrected chi connectivity index (χ0v) is 14.7. The summed E-state index contributed by atoms with van der Waals surface area (Å²) in [6.07, 6.45) is 0. The Kier molecular flexibility index (Phi) is 5.20. The number of carbonyl (C=O) groups excluding carboxylic acids is 1. The van der Waals surface area contributed by atoms with Crippen molar-refractivity contribution in [1.82, 2.24) is 0 Å². The first-order valence-electron chi connectivity index (χ1n) is 7.33. The molecule has 0 unspecified atom stereocenters. The van der Waals surface area contributed by atoms with Crippen LogP contribution in [0.4, 0.5) is 11.4 Å². The number of hydrogen-bond acceptors (Lipinski definition) is 3. The van der Waals surface area contributed by atoms with Crippen LogP contribution in [0.2, 0.25) is 5.02 Å². The van der Waals surface area contributed by atoms with Crippen molar-refractivity contribution in [1.29, 1.82) is 0 Å². The minimum absolute atomic E-state index is 0.158. The Morgan fingerprint density at radius 1 is 1.13 bits per heavy atom. The number of para-hydroxylation sites is 1. The molecule has 1 aliphatic heterocycles. The average molecular weight is 396 g/mol. The predicted molar refractivity (Wildman–Crippen MR) is 96.6 cm³/mol. The highest BCUT2D eigenvalue weighted by atomic mass is 79.9. The van der Waals surface area contributed by atoms with E-state index in [9.17, 15) is 4.79 Å². The number of rotatable bonds is 3. The summed E-state index contributed by atoms with van der Waals surface area (Å²) in [4.78, 5) is 14.6. The molecule has 1 aliphatic rings. The van der Waals surface area contributed by atoms with Crippen LogP contribution in [-0.2, 0) is 4.74 Å². The number of anilines is 2. The lowest BCUT2D eigenvalue weighted by Crippen LogP contribution is -2.37. The Bertz CT molecular complexity index is 700. The van der Waals surface area contributed by atoms with Gasteiger partial charge >= 0.3 is 0 Å². The lowest BCUT2D eigenvalue weighted by molar-refractivity contribution is 0.102. The van der Waals surface area contributed by atoms with E-state index in [2.05, 4.69) is 26.1 Å². The lowest BCUT2D eigenvalue weighted by atomic mass is 10.2. The number of nitrogens with one attached hydrogen (secondary N) is 1. The summed E-state index contributed by atoms with van der Waals surface area (Å²) in [5.41, 5.74) is 2.16. The number of amides is 1. The number of ether oxygens (including phenoxy) is 1. The van der Waals surface area contributed by atoms with Crippen molar-refractivity contribution in [2.45, 2.75) is 0 Å². The molecule has 3 rings (SSSR count). The Hall–Kier alpha value is -1.56. The molecule has 0 aliphatic carbocycles. The van der Waals surface area contributed by atoms with Crippen molar-refractivity contribution in [3.63, 3.8) is 0 Å². The molecule has 2 aromatic rings. The summed E-state index contributed by atoms with van der Waals surface area (Å²) in [6.45, 7) is 2.83. The lowest BCUT2D eigenvalue weighted by Gasteiger charge is -2.31. The van der Waals surface area contributed by atoms with Crippen molar-refractivity contribution < 1.29 is 9.53 Å². The van der Waals surface area contributed by atoms with E-state index in [4.69, 9.17) is 16.3 Å². The van der Waals surface area contributed by atoms with Gasteiger partial charge in [0.2, 0.25) is 0 Å². The van der Waals surface area contributed by atoms with Gasteiger partial charge in [0, 0.05) is 23.1 Å². The van der Waals surface area contributed by atoms with Crippen LogP contribution in [-0.4, -0.2) is 32.2 Å². The van der Waals surface area contributed by atoms with E-state index < -0.39 is 0 Å². The molecule has 0 bridgehead atoms. The number of nitrogens with zero attached hydrogens (tertiary/aromatic N) is 1. The van der Waals surface area contributed by atoms with Crippen molar-refractivity contribution in [2.24, 2.45) is 0 Å². The maximum absolute atomic E-state index is 12.5. The second-order valence-corrected chi connectivity index (χ2v) is 6.52. The molecule has 1 amide bonds. The van der Waals surface area contributed by atoms with Gasteiger partial charge in [0.1, 0.15) is 0 Å². The molecular weight excluding hydrogens is 380 g/mol. The number of morpholine rings is 1. The van der Waals surface area contributed by atoms with Crippen LogP contribution in [0, 0.1) is 0 Å². The van der Waals surface area contributed by atoms with Crippen LogP contribution >= 0.6 is 27.5 Å². The van der Waals surface area contributed by atoms with E-state index in [1.165, 1.54) is 0 Å². The fraction of sp³-hybridized carbons (Fsp3) is 0.235. The van der Waals surface area contributed by atoms with E-state index in [0.717, 1.165) is 23.2 Å². The minimum atomic E-state index is -0.158. The molecule has 120 valence electrons. The third-order valence-corrected chi connectivity index (χ3v) is 4.50. The standard InChI is InChI=1S/C17H16BrClN2O2/c18-13-6-4-12(5-7-13)17(22)20-15-3-1-2-14(19)16(15)21-8-10-23-11-9-21/h1-7H,8-11H2,(H,20,22). The van der Waals surface area contributed by atoms with Gasteiger partial charge in [-0.2, -0.15) is 0 Å². The third-order valence-electron chi connectivity index (χ3n) is 3.67. The van der Waals surface area contributed by atoms with Crippen molar-refractivity contribution in [3.8, 4) is 0 Å². The topological polar surface area (TPSA) is 41.6 Å². The highest BCUT2D eigenvalue weighted by molar-refractivity contribution is 9.10. The predicted octanol–water partition coefficient (Wildman–Crippen LogP) is 4.19. The van der Waals surface area contributed by atoms with Crippen molar-refractivity contribution in [2.75, 3.05) is 36.5 Å². The zero-order chi connectivity index (χ0) is 16.2. The van der Waals surface area contributed by atoms with Gasteiger partial charge in [-0.05, 0) is 36.4 Å². The molecule has 4 nitrogen and oxygen atoms in total. The van der Waals surface area contributed by atoms with E-state index in [-0.39, 0.29) is 5.91 Å². The molecule has 2 aromatic carbocycles. The van der Waals surface area contributed by atoms with Crippen molar-refractivity contribution >= 4 is 44.8 Å². The summed E-state index contributed by atoms with van der Waals surface area (Å²) in [7, 11) is 0. The Balaban J connectivity index is 1.86. The molecular formula is C17H16BrClN2O2. The highest BCUT2D eigenvalue weighted by Crippen LogP contribution is 2.34. The maximum Gasteiger partial charge on any atom is 0.255 e. The van der Waals surface area contributed by atoms with E-state index in [0.29, 0.717) is 29.5 Å². The first-order valence-corrected chi connectivity index (χ1v) is 8.50. The fourth-order valence-corrected chi connectivity index (χ4v) is 3.08. The van der Waals surface area contributed by atoms with Gasteiger partial charge in [-0.3, -0.25) is 4.79 Å². The van der Waals surface area contributed by atoms with Gasteiger partial charge in [-0.1, -0.05) is 33.6 Å². The molecule has 1 heterocycles. The fourth-order valence-electron chi connectivity index (χ4n) is 2.52. The second kappa shape index (κ2) is 7.34. The van der Waals surface area contributed by atoms with Crippen LogP contribution in [0.1, 0.15) is 10.4 Å². The number of benzene rings is 2. The maximum atomic E-state index is 12.5. The molecule has 0 saturated carbocycles. The van der Waals surface area contributed by atoms with Crippen LogP contribution in [0.15, 0.2) is 46.9 Å². The van der Waals surface area contributed by atoms with Gasteiger partial charge in [0.25, 0.3) is 5.91 Å². The van der Waals surface area contributed by atoms with Gasteiger partial charge < -0.3 is 15.0 Å². The molecule has 0 aromatic heterocycles. The summed E-state index contributed by atoms with van der Waals surface area (Å²) in [5, 5.41) is 3.59. The number of carbonyl (C=O) groups is 1. The summed E-state index contributed by atoms with van der Waals surface area (Å²) < 4.78 is 6.32. The molecule has 23 heavy (non-hydrogen) atoms. The largest absolute Gasteiger partial charge is 0.378 e. The van der Waals surface area contributed by atoms with Crippen molar-refractivity contribution in [3.05, 3.63) is 57.5 Å². The van der Waals surface area contributed by atoms with E-state index >= 15 is 0 Å². The summed E-state index contributed by atoms with van der Waals surface area (Å²) in [5.74, 6) is -0.158. The Morgan fingerprint density at radius 3 is 2.52 bits per heavy atom. The van der Waals surface area contributed by atoms with Gasteiger partial charge in [0.15, 0.2) is 0 Å². The van der Waals surface area contributed by atoms with Crippen LogP contribution in [0.3, 0.4) is 0 Å². The first-order chi connectivity index (χ1) is 11.1. The Morgan fingerprint density at radius 2 is 1.83 bits per heavy atom. The Labute approximate surface area is 148 Å². The van der Waals surface area contributed by atoms with Crippen LogP contribution < -0.4 is 10.2 Å². The van der Waals surface area contributed by atoms with E-state index in [1.807, 2.05) is 30.3 Å². The molecule has 0 radical (unpaired) electrons. The normalized spacial score (nSPS) is 14.6. The second-order valence-electron chi connectivity index (χ2n) is 5.20. The van der Waals surface area contributed by atoms with E-state index in [1.54, 1.807) is 12.1 Å². The first kappa shape index (κ1) is 16.3. The smallest absolute Gasteiger partial charge is 0.255 e. The highest BCUT2D eigenvalue weighted by Gasteiger charge is 2.19. The van der Waals surface area contributed by atoms with Crippen LogP contribution in [0.5, 0.6) is 0 Å². The van der Waals surface area contributed by atoms with Gasteiger partial charge in [-0.15, -0.1) is 0 Å². The molecule has 1 saturated heterocycles. The van der Waals surface area contributed by atoms with Gasteiger partial charge in [-0.25, -0.2) is 0 Å². The summed E-state index contributed by atoms with van der Waals surface area (Å²) in [6, 6.07) is 12.8. The number of hydrogen-bond donors (Lipinski definition) is 1. The zero-order valence-electron chi connectivity index (χ0n) is 12.4. The number of halogens is 2.